The topological polar surface area (TPSA) is 70.0 Å². The first-order valence-corrected chi connectivity index (χ1v) is 19.8. The summed E-state index contributed by atoms with van der Waals surface area (Å²) < 4.78 is 12.9. The first-order chi connectivity index (χ1) is 26.2. The Morgan fingerprint density at radius 1 is 0.481 bits per heavy atom. The molecule has 4 heterocycles. The molecule has 2 saturated carbocycles. The van der Waals surface area contributed by atoms with E-state index in [-0.39, 0.29) is 12.2 Å². The molecule has 0 aliphatic heterocycles. The number of rotatable bonds is 8. The summed E-state index contributed by atoms with van der Waals surface area (Å²) in [6, 6.07) is 23.2. The highest BCUT2D eigenvalue weighted by Crippen LogP contribution is 2.36. The minimum absolute atomic E-state index is 0.280. The van der Waals surface area contributed by atoms with Crippen molar-refractivity contribution in [1.29, 1.82) is 0 Å². The molecule has 6 nitrogen and oxygen atoms in total. The first-order valence-electron chi connectivity index (χ1n) is 19.8. The predicted octanol–water partition coefficient (Wildman–Crippen LogP) is 9.42. The van der Waals surface area contributed by atoms with Gasteiger partial charge in [-0.05, 0) is 145 Å². The van der Waals surface area contributed by atoms with Crippen LogP contribution in [-0.4, -0.2) is 32.1 Å². The molecule has 54 heavy (non-hydrogen) atoms. The van der Waals surface area contributed by atoms with Crippen LogP contribution in [0.5, 0.6) is 0 Å². The molecule has 0 amide bonds. The van der Waals surface area contributed by atoms with Gasteiger partial charge in [0, 0.05) is 0 Å². The average molecular weight is 719 g/mol. The van der Waals surface area contributed by atoms with E-state index in [1.165, 1.54) is 25.7 Å². The van der Waals surface area contributed by atoms with E-state index in [0.717, 1.165) is 24.2 Å². The zero-order valence-electron chi connectivity index (χ0n) is 32.8. The molecule has 2 aliphatic carbocycles. The van der Waals surface area contributed by atoms with Crippen LogP contribution >= 0.6 is 0 Å². The quantitative estimate of drug-likeness (QED) is 0.169. The molecule has 278 valence electrons. The Bertz CT molecular complexity index is 1910. The summed E-state index contributed by atoms with van der Waals surface area (Å²) >= 11 is 0. The number of aromatic nitrogens is 4. The zero-order valence-corrected chi connectivity index (χ0v) is 32.8. The van der Waals surface area contributed by atoms with Gasteiger partial charge in [0.1, 0.15) is 34.2 Å². The monoisotopic (exact) mass is 718 g/mol. The van der Waals surface area contributed by atoms with E-state index in [9.17, 15) is 0 Å². The second kappa shape index (κ2) is 19.0. The predicted molar refractivity (Wildman–Crippen MR) is 215 cm³/mol. The van der Waals surface area contributed by atoms with Crippen LogP contribution in [0.2, 0.25) is 0 Å². The van der Waals surface area contributed by atoms with Gasteiger partial charge in [0.05, 0.1) is 36.8 Å². The van der Waals surface area contributed by atoms with Gasteiger partial charge in [0.25, 0.3) is 0 Å². The van der Waals surface area contributed by atoms with Crippen LogP contribution in [0.3, 0.4) is 0 Å². The molecule has 2 aliphatic rings. The summed E-state index contributed by atoms with van der Waals surface area (Å²) in [4.78, 5) is 18.8. The van der Waals surface area contributed by atoms with Crippen LogP contribution in [0.1, 0.15) is 126 Å². The van der Waals surface area contributed by atoms with Crippen molar-refractivity contribution in [2.24, 2.45) is 35.5 Å². The first kappa shape index (κ1) is 38.9. The summed E-state index contributed by atoms with van der Waals surface area (Å²) in [6.07, 6.45) is 7.84. The summed E-state index contributed by atoms with van der Waals surface area (Å²) in [7, 11) is 0. The molecule has 0 radical (unpaired) electrons. The smallest absolute Gasteiger partial charge is 0.115 e. The number of ether oxygens (including phenoxy) is 2. The molecule has 0 unspecified atom stereocenters. The van der Waals surface area contributed by atoms with Crippen molar-refractivity contribution >= 4 is 0 Å². The number of hydrogen-bond acceptors (Lipinski definition) is 6. The highest BCUT2D eigenvalue weighted by molar-refractivity contribution is 5.43. The van der Waals surface area contributed by atoms with E-state index in [0.29, 0.717) is 82.9 Å². The van der Waals surface area contributed by atoms with Gasteiger partial charge in [-0.15, -0.1) is 0 Å². The molecule has 4 aromatic rings. The van der Waals surface area contributed by atoms with Gasteiger partial charge >= 0.3 is 0 Å². The van der Waals surface area contributed by atoms with Gasteiger partial charge in [-0.25, -0.2) is 19.9 Å². The normalized spacial score (nSPS) is 22.4. The van der Waals surface area contributed by atoms with Crippen molar-refractivity contribution in [2.45, 2.75) is 105 Å². The van der Waals surface area contributed by atoms with Crippen LogP contribution < -0.4 is 0 Å². The Labute approximate surface area is 323 Å². The summed E-state index contributed by atoms with van der Waals surface area (Å²) in [5.41, 5.74) is 5.66. The molecule has 6 rings (SSSR count). The number of hydrogen-bond donors (Lipinski definition) is 0. The maximum atomic E-state index is 6.43. The Morgan fingerprint density at radius 3 is 1.13 bits per heavy atom. The molecule has 4 aromatic heterocycles. The summed E-state index contributed by atoms with van der Waals surface area (Å²) in [6.45, 7) is 14.9. The third-order valence-corrected chi connectivity index (χ3v) is 10.9. The molecular formula is C48H54N4O2. The zero-order chi connectivity index (χ0) is 37.9. The Kier molecular flexibility index (Phi) is 13.7. The van der Waals surface area contributed by atoms with Gasteiger partial charge in [-0.3, -0.25) is 0 Å². The maximum absolute atomic E-state index is 6.43. The SMILES string of the molecule is CC(C)[C@@H]1CC[C@@H](C)C[C@H]1OCc1cccc(C#Cc2cccc(C#Cc3cccc(C#Cc4cccc(CO[C@@H]5C[C@H](C)CC[C@H]5C(C)C)n4)n3)n2)n1. The van der Waals surface area contributed by atoms with Crippen LogP contribution in [0.4, 0.5) is 0 Å². The molecule has 0 spiro atoms. The largest absolute Gasteiger partial charge is 0.372 e. The fourth-order valence-corrected chi connectivity index (χ4v) is 7.79. The molecule has 6 atom stereocenters. The van der Waals surface area contributed by atoms with Crippen molar-refractivity contribution < 1.29 is 9.47 Å². The Balaban J connectivity index is 1.06. The molecule has 0 aromatic carbocycles. The third kappa shape index (κ3) is 11.4. The third-order valence-electron chi connectivity index (χ3n) is 10.9. The van der Waals surface area contributed by atoms with Gasteiger partial charge in [0.15, 0.2) is 0 Å². The average Bonchev–Trinajstić information content (AvgIpc) is 3.17. The lowest BCUT2D eigenvalue weighted by Crippen LogP contribution is -2.34. The second-order valence-corrected chi connectivity index (χ2v) is 15.9. The van der Waals surface area contributed by atoms with Crippen LogP contribution in [0.15, 0.2) is 72.8 Å². The minimum Gasteiger partial charge on any atom is -0.372 e. The fraction of sp³-hybridized carbons (Fsp3) is 0.458. The molecular weight excluding hydrogens is 665 g/mol. The minimum atomic E-state index is 0.280. The van der Waals surface area contributed by atoms with E-state index >= 15 is 0 Å². The lowest BCUT2D eigenvalue weighted by Gasteiger charge is -2.37. The second-order valence-electron chi connectivity index (χ2n) is 15.9. The number of pyridine rings is 4. The van der Waals surface area contributed by atoms with Gasteiger partial charge in [-0.2, -0.15) is 0 Å². The molecule has 2 fully saturated rings. The molecule has 0 saturated heterocycles. The van der Waals surface area contributed by atoms with Gasteiger partial charge < -0.3 is 9.47 Å². The van der Waals surface area contributed by atoms with Crippen molar-refractivity contribution in [3.05, 3.63) is 118 Å². The van der Waals surface area contributed by atoms with Crippen LogP contribution in [0.25, 0.3) is 0 Å². The highest BCUT2D eigenvalue weighted by Gasteiger charge is 2.32. The Hall–Kier alpha value is -4.80. The highest BCUT2D eigenvalue weighted by atomic mass is 16.5. The van der Waals surface area contributed by atoms with E-state index in [4.69, 9.17) is 19.4 Å². The van der Waals surface area contributed by atoms with Gasteiger partial charge in [0.2, 0.25) is 0 Å². The Morgan fingerprint density at radius 2 is 0.796 bits per heavy atom. The lowest BCUT2D eigenvalue weighted by molar-refractivity contribution is -0.0484. The summed E-state index contributed by atoms with van der Waals surface area (Å²) in [5, 5.41) is 0. The number of nitrogens with zero attached hydrogens (tertiary/aromatic N) is 4. The standard InChI is InChI=1S/C48H54N4O2/c1-33(2)45-27-19-35(5)29-47(45)53-31-43-17-9-15-41(51-43)25-23-39-13-7-11-37(49-39)21-22-38-12-8-14-40(50-38)24-26-42-16-10-18-44(52-42)32-54-48-30-36(6)20-28-46(48)34(3)4/h7-18,33-36,45-48H,19-20,27-32H2,1-6H3/t35-,36-,45+,46+,47-,48-/m1/s1. The van der Waals surface area contributed by atoms with E-state index in [2.05, 4.69) is 87.0 Å². The van der Waals surface area contributed by atoms with Crippen LogP contribution in [-0.2, 0) is 22.7 Å². The molecule has 6 heteroatoms. The van der Waals surface area contributed by atoms with Crippen molar-refractivity contribution in [2.75, 3.05) is 0 Å². The van der Waals surface area contributed by atoms with Crippen LogP contribution in [0, 0.1) is 71.0 Å². The lowest BCUT2D eigenvalue weighted by atomic mass is 9.75. The fourth-order valence-electron chi connectivity index (χ4n) is 7.79. The van der Waals surface area contributed by atoms with Gasteiger partial charge in [-0.1, -0.05) is 78.6 Å². The van der Waals surface area contributed by atoms with Crippen molar-refractivity contribution in [3.63, 3.8) is 0 Å². The molecule has 0 N–H and O–H groups in total. The van der Waals surface area contributed by atoms with Crippen molar-refractivity contribution in [3.8, 4) is 35.5 Å². The van der Waals surface area contributed by atoms with E-state index in [1.807, 2.05) is 72.8 Å². The maximum Gasteiger partial charge on any atom is 0.115 e. The van der Waals surface area contributed by atoms with Crippen molar-refractivity contribution in [1.82, 2.24) is 19.9 Å². The summed E-state index contributed by atoms with van der Waals surface area (Å²) in [5.74, 6) is 22.8. The molecule has 0 bridgehead atoms. The van der Waals surface area contributed by atoms with E-state index in [1.54, 1.807) is 0 Å². The van der Waals surface area contributed by atoms with E-state index < -0.39 is 0 Å².